The smallest absolute Gasteiger partial charge is 0.490 e. The molecular formula is C20H26F3N3O6. The summed E-state index contributed by atoms with van der Waals surface area (Å²) >= 11 is 0. The van der Waals surface area contributed by atoms with Crippen molar-refractivity contribution in [2.45, 2.75) is 13.1 Å². The van der Waals surface area contributed by atoms with E-state index in [4.69, 9.17) is 19.7 Å². The zero-order valence-electron chi connectivity index (χ0n) is 17.5. The Labute approximate surface area is 183 Å². The minimum Gasteiger partial charge on any atom is -0.494 e. The van der Waals surface area contributed by atoms with Crippen molar-refractivity contribution in [2.75, 3.05) is 51.2 Å². The Kier molecular flexibility index (Phi) is 10.7. The van der Waals surface area contributed by atoms with Crippen LogP contribution in [0.3, 0.4) is 0 Å². The Morgan fingerprint density at radius 1 is 1.03 bits per heavy atom. The number of nitrogens with zero attached hydrogens (tertiary/aromatic N) is 2. The van der Waals surface area contributed by atoms with Gasteiger partial charge < -0.3 is 20.3 Å². The molecule has 2 rings (SSSR count). The van der Waals surface area contributed by atoms with Gasteiger partial charge in [-0.2, -0.15) is 13.2 Å². The van der Waals surface area contributed by atoms with Crippen LogP contribution in [0.25, 0.3) is 0 Å². The molecule has 1 amide bonds. The minimum atomic E-state index is -5.08. The van der Waals surface area contributed by atoms with Gasteiger partial charge >= 0.3 is 18.1 Å². The predicted octanol–water partition coefficient (Wildman–Crippen LogP) is 1.92. The molecule has 1 heterocycles. The molecule has 0 bridgehead atoms. The molecule has 0 radical (unpaired) electrons. The van der Waals surface area contributed by atoms with E-state index < -0.39 is 18.1 Å². The molecule has 0 saturated carbocycles. The Hall–Kier alpha value is -3.12. The van der Waals surface area contributed by atoms with Crippen molar-refractivity contribution in [3.8, 4) is 5.75 Å². The third kappa shape index (κ3) is 10.3. The lowest BCUT2D eigenvalue weighted by atomic mass is 10.2. The lowest BCUT2D eigenvalue weighted by Gasteiger charge is -2.34. The highest BCUT2D eigenvalue weighted by molar-refractivity contribution is 5.92. The molecule has 12 heteroatoms. The van der Waals surface area contributed by atoms with Gasteiger partial charge in [0.25, 0.3) is 0 Å². The molecule has 0 unspecified atom stereocenters. The van der Waals surface area contributed by atoms with Gasteiger partial charge in [-0.25, -0.2) is 9.59 Å². The Bertz CT molecular complexity index is 791. The Balaban J connectivity index is 0.000000633. The van der Waals surface area contributed by atoms with Crippen LogP contribution < -0.4 is 10.1 Å². The monoisotopic (exact) mass is 461 g/mol. The number of carboxylic acids is 2. The van der Waals surface area contributed by atoms with Crippen LogP contribution >= 0.6 is 0 Å². The topological polar surface area (TPSA) is 119 Å². The summed E-state index contributed by atoms with van der Waals surface area (Å²) in [5.41, 5.74) is 0.937. The number of rotatable bonds is 8. The van der Waals surface area contributed by atoms with E-state index in [1.807, 2.05) is 36.1 Å². The number of halogens is 3. The van der Waals surface area contributed by atoms with E-state index in [1.165, 1.54) is 0 Å². The number of carbonyl (C=O) groups is 3. The average molecular weight is 461 g/mol. The minimum absolute atomic E-state index is 0.0624. The summed E-state index contributed by atoms with van der Waals surface area (Å²) < 4.78 is 37.1. The first-order valence-electron chi connectivity index (χ1n) is 9.61. The van der Waals surface area contributed by atoms with Gasteiger partial charge in [-0.3, -0.25) is 14.6 Å². The summed E-state index contributed by atoms with van der Waals surface area (Å²) in [4.78, 5) is 36.0. The van der Waals surface area contributed by atoms with Crippen LogP contribution in [0.5, 0.6) is 5.75 Å². The molecule has 0 spiro atoms. The number of anilines is 1. The summed E-state index contributed by atoms with van der Waals surface area (Å²) in [6.07, 6.45) is -5.08. The van der Waals surface area contributed by atoms with E-state index >= 15 is 0 Å². The third-order valence-electron chi connectivity index (χ3n) is 4.24. The van der Waals surface area contributed by atoms with Crippen LogP contribution in [0.15, 0.2) is 36.4 Å². The van der Waals surface area contributed by atoms with Crippen LogP contribution in [-0.2, 0) is 14.4 Å². The molecular weight excluding hydrogens is 435 g/mol. The molecule has 1 aliphatic rings. The maximum Gasteiger partial charge on any atom is 0.490 e. The molecule has 0 aliphatic carbocycles. The van der Waals surface area contributed by atoms with Crippen molar-refractivity contribution in [1.82, 2.24) is 9.80 Å². The second kappa shape index (κ2) is 12.7. The fourth-order valence-corrected chi connectivity index (χ4v) is 2.65. The maximum absolute atomic E-state index is 12.2. The zero-order chi connectivity index (χ0) is 24.3. The van der Waals surface area contributed by atoms with Crippen LogP contribution in [0.1, 0.15) is 6.92 Å². The van der Waals surface area contributed by atoms with Crippen molar-refractivity contribution >= 4 is 23.5 Å². The van der Waals surface area contributed by atoms with E-state index in [9.17, 15) is 22.8 Å². The second-order valence-corrected chi connectivity index (χ2v) is 6.77. The van der Waals surface area contributed by atoms with Crippen molar-refractivity contribution in [1.29, 1.82) is 0 Å². The lowest BCUT2D eigenvalue weighted by Crippen LogP contribution is -2.49. The van der Waals surface area contributed by atoms with Crippen LogP contribution in [0.4, 0.5) is 18.9 Å². The number of ether oxygens (including phenoxy) is 1. The summed E-state index contributed by atoms with van der Waals surface area (Å²) in [7, 11) is 0. The van der Waals surface area contributed by atoms with Crippen molar-refractivity contribution in [3.05, 3.63) is 36.4 Å². The van der Waals surface area contributed by atoms with Crippen molar-refractivity contribution in [3.63, 3.8) is 0 Å². The van der Waals surface area contributed by atoms with E-state index in [0.717, 1.165) is 37.6 Å². The largest absolute Gasteiger partial charge is 0.494 e. The maximum atomic E-state index is 12.2. The predicted molar refractivity (Wildman–Crippen MR) is 110 cm³/mol. The highest BCUT2D eigenvalue weighted by Gasteiger charge is 2.38. The summed E-state index contributed by atoms with van der Waals surface area (Å²) in [6, 6.07) is 7.29. The molecule has 0 atom stereocenters. The Morgan fingerprint density at radius 2 is 1.50 bits per heavy atom. The molecule has 32 heavy (non-hydrogen) atoms. The molecule has 3 N–H and O–H groups in total. The fraction of sp³-hybridized carbons (Fsp3) is 0.450. The van der Waals surface area contributed by atoms with E-state index in [2.05, 4.69) is 16.8 Å². The second-order valence-electron chi connectivity index (χ2n) is 6.77. The molecule has 9 nitrogen and oxygen atoms in total. The fourth-order valence-electron chi connectivity index (χ4n) is 2.65. The van der Waals surface area contributed by atoms with Gasteiger partial charge in [0, 0.05) is 44.0 Å². The molecule has 1 aromatic rings. The summed E-state index contributed by atoms with van der Waals surface area (Å²) in [5, 5.41) is 18.9. The van der Waals surface area contributed by atoms with Crippen LogP contribution in [0, 0.1) is 0 Å². The first kappa shape index (κ1) is 26.9. The van der Waals surface area contributed by atoms with Gasteiger partial charge in [0.2, 0.25) is 5.91 Å². The number of carboxylic acid groups (broad SMARTS) is 2. The van der Waals surface area contributed by atoms with Gasteiger partial charge in [0.15, 0.2) is 0 Å². The quantitative estimate of drug-likeness (QED) is 0.503. The summed E-state index contributed by atoms with van der Waals surface area (Å²) in [5.74, 6) is -3.00. The number of benzene rings is 1. The number of alkyl halides is 3. The molecule has 1 saturated heterocycles. The highest BCUT2D eigenvalue weighted by atomic mass is 19.4. The van der Waals surface area contributed by atoms with Crippen LogP contribution in [0.2, 0.25) is 0 Å². The molecule has 1 fully saturated rings. The van der Waals surface area contributed by atoms with E-state index in [0.29, 0.717) is 19.7 Å². The number of amides is 1. The number of nitrogens with one attached hydrogen (secondary N) is 1. The highest BCUT2D eigenvalue weighted by Crippen LogP contribution is 2.16. The molecule has 178 valence electrons. The first-order chi connectivity index (χ1) is 14.9. The first-order valence-corrected chi connectivity index (χ1v) is 9.61. The van der Waals surface area contributed by atoms with Crippen LogP contribution in [-0.4, -0.2) is 89.9 Å². The number of carbonyl (C=O) groups excluding carboxylic acids is 1. The van der Waals surface area contributed by atoms with Gasteiger partial charge in [0.05, 0.1) is 13.2 Å². The SMILES string of the molecule is C=C(CN1CCN(CC(=O)Nc2ccc(OCC)cc2)CC1)C(=O)O.O=C(O)C(F)(F)F. The molecule has 1 aromatic carbocycles. The van der Waals surface area contributed by atoms with E-state index in [1.54, 1.807) is 0 Å². The van der Waals surface area contributed by atoms with Crippen molar-refractivity contribution < 1.29 is 42.5 Å². The number of piperazine rings is 1. The van der Waals surface area contributed by atoms with Gasteiger partial charge in [0.1, 0.15) is 5.75 Å². The van der Waals surface area contributed by atoms with Gasteiger partial charge in [-0.05, 0) is 31.2 Å². The standard InChI is InChI=1S/C18H25N3O4.C2HF3O2/c1-3-25-16-6-4-15(5-7-16)19-17(22)13-21-10-8-20(9-11-21)12-14(2)18(23)24;3-2(4,5)1(6)7/h4-7H,2-3,8-13H2,1H3,(H,19,22)(H,23,24);(H,6,7). The number of hydrogen-bond acceptors (Lipinski definition) is 6. The lowest BCUT2D eigenvalue weighted by molar-refractivity contribution is -0.192. The van der Waals surface area contributed by atoms with Gasteiger partial charge in [-0.15, -0.1) is 0 Å². The van der Waals surface area contributed by atoms with Gasteiger partial charge in [-0.1, -0.05) is 6.58 Å². The van der Waals surface area contributed by atoms with E-state index in [-0.39, 0.29) is 11.5 Å². The molecule has 0 aromatic heterocycles. The third-order valence-corrected chi connectivity index (χ3v) is 4.24. The zero-order valence-corrected chi connectivity index (χ0v) is 17.5. The number of aliphatic carboxylic acids is 2. The summed E-state index contributed by atoms with van der Waals surface area (Å²) in [6.45, 7) is 9.67. The normalized spacial score (nSPS) is 14.6. The molecule has 1 aliphatic heterocycles. The number of hydrogen-bond donors (Lipinski definition) is 3. The van der Waals surface area contributed by atoms with Crippen molar-refractivity contribution in [2.24, 2.45) is 0 Å². The Morgan fingerprint density at radius 3 is 1.91 bits per heavy atom. The average Bonchev–Trinajstić information content (AvgIpc) is 2.71.